The van der Waals surface area contributed by atoms with Gasteiger partial charge in [-0.1, -0.05) is 11.6 Å². The Labute approximate surface area is 157 Å². The molecular weight excluding hydrogens is 379 g/mol. The number of rotatable bonds is 5. The van der Waals surface area contributed by atoms with Crippen molar-refractivity contribution in [3.8, 4) is 5.75 Å². The fourth-order valence-corrected chi connectivity index (χ4v) is 4.88. The van der Waals surface area contributed by atoms with Crippen molar-refractivity contribution in [1.82, 2.24) is 9.71 Å². The molecule has 1 aromatic carbocycles. The number of aryl methyl sites for hydroxylation is 1. The minimum absolute atomic E-state index is 0.0352. The van der Waals surface area contributed by atoms with E-state index in [-0.39, 0.29) is 22.1 Å². The molecule has 1 aliphatic carbocycles. The smallest absolute Gasteiger partial charge is 0.242 e. The standard InChI is InChI=1S/C18H20ClFN2O3S/c1-12-17(3-2-10-21-12)25-15-7-5-14(6-8-15)22-26(23,24)18-9-4-13(20)11-16(18)19/h2-4,9-11,14-15,22H,5-8H2,1H3. The minimum atomic E-state index is -3.79. The Hall–Kier alpha value is -1.70. The lowest BCUT2D eigenvalue weighted by molar-refractivity contribution is 0.142. The fourth-order valence-electron chi connectivity index (χ4n) is 3.05. The van der Waals surface area contributed by atoms with Gasteiger partial charge in [0, 0.05) is 12.2 Å². The van der Waals surface area contributed by atoms with Crippen molar-refractivity contribution in [2.75, 3.05) is 0 Å². The molecule has 140 valence electrons. The van der Waals surface area contributed by atoms with Crippen LogP contribution >= 0.6 is 11.6 Å². The number of nitrogens with one attached hydrogen (secondary N) is 1. The second-order valence-corrected chi connectivity index (χ2v) is 8.46. The van der Waals surface area contributed by atoms with E-state index in [9.17, 15) is 12.8 Å². The van der Waals surface area contributed by atoms with Crippen LogP contribution in [0.4, 0.5) is 4.39 Å². The zero-order chi connectivity index (χ0) is 18.7. The van der Waals surface area contributed by atoms with Crippen LogP contribution in [-0.4, -0.2) is 25.5 Å². The molecule has 1 aromatic heterocycles. The van der Waals surface area contributed by atoms with E-state index < -0.39 is 15.8 Å². The Kier molecular flexibility index (Phi) is 5.79. The number of benzene rings is 1. The van der Waals surface area contributed by atoms with Crippen LogP contribution in [0, 0.1) is 12.7 Å². The molecule has 0 amide bonds. The van der Waals surface area contributed by atoms with Gasteiger partial charge >= 0.3 is 0 Å². The van der Waals surface area contributed by atoms with Gasteiger partial charge in [-0.2, -0.15) is 0 Å². The van der Waals surface area contributed by atoms with Gasteiger partial charge < -0.3 is 4.74 Å². The number of halogens is 2. The largest absolute Gasteiger partial charge is 0.489 e. The van der Waals surface area contributed by atoms with Gasteiger partial charge in [-0.25, -0.2) is 17.5 Å². The van der Waals surface area contributed by atoms with Gasteiger partial charge in [0.15, 0.2) is 0 Å². The molecular formula is C18H20ClFN2O3S. The quantitative estimate of drug-likeness (QED) is 0.830. The lowest BCUT2D eigenvalue weighted by atomic mass is 9.93. The van der Waals surface area contributed by atoms with Crippen LogP contribution in [0.1, 0.15) is 31.4 Å². The highest BCUT2D eigenvalue weighted by Crippen LogP contribution is 2.27. The van der Waals surface area contributed by atoms with E-state index in [1.165, 1.54) is 6.07 Å². The zero-order valence-electron chi connectivity index (χ0n) is 14.3. The van der Waals surface area contributed by atoms with Crippen LogP contribution in [-0.2, 0) is 10.0 Å². The van der Waals surface area contributed by atoms with Crippen molar-refractivity contribution in [1.29, 1.82) is 0 Å². The molecule has 26 heavy (non-hydrogen) atoms. The van der Waals surface area contributed by atoms with E-state index in [2.05, 4.69) is 9.71 Å². The van der Waals surface area contributed by atoms with E-state index >= 15 is 0 Å². The van der Waals surface area contributed by atoms with E-state index in [1.54, 1.807) is 6.20 Å². The van der Waals surface area contributed by atoms with E-state index in [0.717, 1.165) is 36.4 Å². The summed E-state index contributed by atoms with van der Waals surface area (Å²) in [5, 5.41) is -0.124. The van der Waals surface area contributed by atoms with Crippen LogP contribution in [0.2, 0.25) is 5.02 Å². The van der Waals surface area contributed by atoms with Gasteiger partial charge in [0.05, 0.1) is 16.8 Å². The van der Waals surface area contributed by atoms with Crippen LogP contribution in [0.15, 0.2) is 41.4 Å². The highest BCUT2D eigenvalue weighted by atomic mass is 35.5. The monoisotopic (exact) mass is 398 g/mol. The molecule has 0 saturated heterocycles. The average Bonchev–Trinajstić information content (AvgIpc) is 2.58. The topological polar surface area (TPSA) is 68.3 Å². The molecule has 1 aliphatic rings. The summed E-state index contributed by atoms with van der Waals surface area (Å²) in [5.74, 6) is 0.187. The van der Waals surface area contributed by atoms with Crippen LogP contribution in [0.3, 0.4) is 0 Å². The van der Waals surface area contributed by atoms with Crippen LogP contribution < -0.4 is 9.46 Å². The van der Waals surface area contributed by atoms with Crippen molar-refractivity contribution in [2.24, 2.45) is 0 Å². The lowest BCUT2D eigenvalue weighted by Crippen LogP contribution is -2.39. The zero-order valence-corrected chi connectivity index (χ0v) is 15.9. The predicted molar refractivity (Wildman–Crippen MR) is 97.4 cm³/mol. The molecule has 0 spiro atoms. The summed E-state index contributed by atoms with van der Waals surface area (Å²) in [6.45, 7) is 1.89. The van der Waals surface area contributed by atoms with Crippen LogP contribution in [0.5, 0.6) is 5.75 Å². The molecule has 3 rings (SSSR count). The second kappa shape index (κ2) is 7.90. The maximum absolute atomic E-state index is 13.1. The van der Waals surface area contributed by atoms with Gasteiger partial charge in [0.25, 0.3) is 0 Å². The second-order valence-electron chi connectivity index (χ2n) is 6.37. The Bertz CT molecular complexity index is 884. The summed E-state index contributed by atoms with van der Waals surface area (Å²) in [4.78, 5) is 4.09. The average molecular weight is 399 g/mol. The molecule has 0 bridgehead atoms. The van der Waals surface area contributed by atoms with E-state index in [1.807, 2.05) is 19.1 Å². The number of hydrogen-bond acceptors (Lipinski definition) is 4. The van der Waals surface area contributed by atoms with Gasteiger partial charge in [0.2, 0.25) is 10.0 Å². The molecule has 1 heterocycles. The Morgan fingerprint density at radius 2 is 1.96 bits per heavy atom. The summed E-state index contributed by atoms with van der Waals surface area (Å²) >= 11 is 5.87. The number of sulfonamides is 1. The molecule has 5 nitrogen and oxygen atoms in total. The summed E-state index contributed by atoms with van der Waals surface area (Å²) < 4.78 is 46.8. The first kappa shape index (κ1) is 19.1. The fraction of sp³-hybridized carbons (Fsp3) is 0.389. The first-order chi connectivity index (χ1) is 12.3. The SMILES string of the molecule is Cc1ncccc1OC1CCC(NS(=O)(=O)c2ccc(F)cc2Cl)CC1. The first-order valence-corrected chi connectivity index (χ1v) is 10.3. The van der Waals surface area contributed by atoms with E-state index in [0.29, 0.717) is 12.8 Å². The van der Waals surface area contributed by atoms with Gasteiger partial charge in [-0.05, 0) is 62.9 Å². The number of pyridine rings is 1. The summed E-state index contributed by atoms with van der Waals surface area (Å²) in [6, 6.07) is 6.77. The molecule has 8 heteroatoms. The Balaban J connectivity index is 1.59. The molecule has 0 unspecified atom stereocenters. The van der Waals surface area contributed by atoms with Crippen LogP contribution in [0.25, 0.3) is 0 Å². The maximum Gasteiger partial charge on any atom is 0.242 e. The van der Waals surface area contributed by atoms with Gasteiger partial charge in [-0.3, -0.25) is 4.98 Å². The summed E-state index contributed by atoms with van der Waals surface area (Å²) in [7, 11) is -3.79. The number of ether oxygens (including phenoxy) is 1. The first-order valence-electron chi connectivity index (χ1n) is 8.41. The van der Waals surface area contributed by atoms with Gasteiger partial charge in [-0.15, -0.1) is 0 Å². The molecule has 2 aromatic rings. The van der Waals surface area contributed by atoms with Crippen molar-refractivity contribution >= 4 is 21.6 Å². The number of aromatic nitrogens is 1. The summed E-state index contributed by atoms with van der Waals surface area (Å²) in [5.41, 5.74) is 0.835. The highest BCUT2D eigenvalue weighted by molar-refractivity contribution is 7.89. The molecule has 1 fully saturated rings. The third-order valence-corrected chi connectivity index (χ3v) is 6.43. The maximum atomic E-state index is 13.1. The predicted octanol–water partition coefficient (Wildman–Crippen LogP) is 3.85. The Morgan fingerprint density at radius 1 is 1.23 bits per heavy atom. The van der Waals surface area contributed by atoms with E-state index in [4.69, 9.17) is 16.3 Å². The molecule has 0 radical (unpaired) electrons. The molecule has 1 saturated carbocycles. The van der Waals surface area contributed by atoms with Crippen molar-refractivity contribution in [2.45, 2.75) is 49.6 Å². The normalized spacial score (nSPS) is 20.7. The lowest BCUT2D eigenvalue weighted by Gasteiger charge is -2.29. The third kappa shape index (κ3) is 4.52. The molecule has 0 atom stereocenters. The third-order valence-electron chi connectivity index (χ3n) is 4.43. The number of nitrogens with zero attached hydrogens (tertiary/aromatic N) is 1. The van der Waals surface area contributed by atoms with Crippen molar-refractivity contribution in [3.05, 3.63) is 53.1 Å². The minimum Gasteiger partial charge on any atom is -0.489 e. The highest BCUT2D eigenvalue weighted by Gasteiger charge is 2.28. The van der Waals surface area contributed by atoms with Crippen molar-refractivity contribution in [3.63, 3.8) is 0 Å². The van der Waals surface area contributed by atoms with Crippen molar-refractivity contribution < 1.29 is 17.5 Å². The molecule has 0 aliphatic heterocycles. The molecule has 1 N–H and O–H groups in total. The Morgan fingerprint density at radius 3 is 2.62 bits per heavy atom. The number of hydrogen-bond donors (Lipinski definition) is 1. The summed E-state index contributed by atoms with van der Waals surface area (Å²) in [6.07, 6.45) is 4.53. The van der Waals surface area contributed by atoms with Gasteiger partial charge in [0.1, 0.15) is 16.5 Å².